The van der Waals surface area contributed by atoms with Crippen LogP contribution in [0.1, 0.15) is 6.92 Å². The fraction of sp³-hybridized carbons (Fsp3) is 0.636. The van der Waals surface area contributed by atoms with Crippen LogP contribution in [0.2, 0.25) is 0 Å². The third-order valence-corrected chi connectivity index (χ3v) is 4.12. The molecule has 2 rings (SSSR count). The normalized spacial score (nSPS) is 38.7. The Morgan fingerprint density at radius 1 is 1.58 bits per heavy atom. The van der Waals surface area contributed by atoms with E-state index in [1.165, 1.54) is 12.0 Å². The standard InChI is InChI=1S/C11H15IN2O5/c1-11(12)8(16)13-10(17)14(9(11)18-2)7-4-3-6(5-15)19-7/h3-4,6-7,9,15H,5H2,1-2H3,(H,13,16,17)/t6-,7+,9-,11+/m0/s1. The summed E-state index contributed by atoms with van der Waals surface area (Å²) in [6, 6.07) is -0.570. The van der Waals surface area contributed by atoms with Gasteiger partial charge in [0.1, 0.15) is 9.53 Å². The van der Waals surface area contributed by atoms with Crippen LogP contribution < -0.4 is 5.32 Å². The van der Waals surface area contributed by atoms with Crippen LogP contribution >= 0.6 is 22.6 Å². The number of imide groups is 1. The molecule has 0 aromatic heterocycles. The van der Waals surface area contributed by atoms with E-state index in [0.29, 0.717) is 0 Å². The number of hydrogen-bond donors (Lipinski definition) is 2. The number of methoxy groups -OCH3 is 1. The number of amides is 3. The van der Waals surface area contributed by atoms with Crippen molar-refractivity contribution in [2.24, 2.45) is 0 Å². The lowest BCUT2D eigenvalue weighted by Gasteiger charge is -2.44. The van der Waals surface area contributed by atoms with Crippen molar-refractivity contribution in [1.82, 2.24) is 10.2 Å². The highest BCUT2D eigenvalue weighted by molar-refractivity contribution is 14.1. The Labute approximate surface area is 124 Å². The molecule has 7 nitrogen and oxygen atoms in total. The molecular weight excluding hydrogens is 367 g/mol. The third kappa shape index (κ3) is 2.49. The molecule has 2 N–H and O–H groups in total. The molecule has 0 spiro atoms. The lowest BCUT2D eigenvalue weighted by Crippen LogP contribution is -2.69. The quantitative estimate of drug-likeness (QED) is 0.407. The number of carbonyl (C=O) groups excluding carboxylic acids is 2. The number of ether oxygens (including phenoxy) is 2. The molecular formula is C11H15IN2O5. The minimum absolute atomic E-state index is 0.166. The SMILES string of the molecule is CO[C@@H]1N([C@H]2C=C[C@@H](CO)O2)C(=O)NC(=O)[C@@]1(C)I. The molecule has 0 unspecified atom stereocenters. The minimum atomic E-state index is -0.922. The molecule has 0 radical (unpaired) electrons. The Morgan fingerprint density at radius 3 is 2.79 bits per heavy atom. The fourth-order valence-corrected chi connectivity index (χ4v) is 2.79. The number of hydrogen-bond acceptors (Lipinski definition) is 5. The van der Waals surface area contributed by atoms with Crippen molar-refractivity contribution in [3.8, 4) is 0 Å². The zero-order valence-electron chi connectivity index (χ0n) is 10.5. The number of rotatable bonds is 3. The van der Waals surface area contributed by atoms with Gasteiger partial charge in [-0.05, 0) is 13.0 Å². The molecule has 8 heteroatoms. The first kappa shape index (κ1) is 14.7. The summed E-state index contributed by atoms with van der Waals surface area (Å²) in [4.78, 5) is 25.1. The second-order valence-electron chi connectivity index (χ2n) is 4.46. The summed E-state index contributed by atoms with van der Waals surface area (Å²) in [7, 11) is 1.43. The first-order valence-corrected chi connectivity index (χ1v) is 6.79. The zero-order valence-corrected chi connectivity index (χ0v) is 12.7. The minimum Gasteiger partial charge on any atom is -0.393 e. The maximum absolute atomic E-state index is 12.0. The van der Waals surface area contributed by atoms with Crippen molar-refractivity contribution >= 4 is 34.5 Å². The number of nitrogens with one attached hydrogen (secondary N) is 1. The second-order valence-corrected chi connectivity index (χ2v) is 6.70. The molecule has 0 bridgehead atoms. The monoisotopic (exact) mass is 382 g/mol. The van der Waals surface area contributed by atoms with E-state index in [1.54, 1.807) is 19.1 Å². The summed E-state index contributed by atoms with van der Waals surface area (Å²) in [5, 5.41) is 11.3. The maximum Gasteiger partial charge on any atom is 0.328 e. The summed E-state index contributed by atoms with van der Waals surface area (Å²) in [6.45, 7) is 1.51. The van der Waals surface area contributed by atoms with Crippen LogP contribution in [0.15, 0.2) is 12.2 Å². The molecule has 1 fully saturated rings. The highest BCUT2D eigenvalue weighted by atomic mass is 127. The molecule has 19 heavy (non-hydrogen) atoms. The van der Waals surface area contributed by atoms with E-state index in [2.05, 4.69) is 5.32 Å². The molecule has 0 saturated carbocycles. The second kappa shape index (κ2) is 5.35. The topological polar surface area (TPSA) is 88.1 Å². The number of alkyl halides is 1. The van der Waals surface area contributed by atoms with Crippen LogP contribution in [0, 0.1) is 0 Å². The predicted octanol–water partition coefficient (Wildman–Crippen LogP) is -0.0222. The number of aliphatic hydroxyl groups excluding tert-OH is 1. The maximum atomic E-state index is 12.0. The smallest absolute Gasteiger partial charge is 0.328 e. The first-order chi connectivity index (χ1) is 8.91. The largest absolute Gasteiger partial charge is 0.393 e. The van der Waals surface area contributed by atoms with Gasteiger partial charge in [0.05, 0.1) is 6.61 Å². The summed E-state index contributed by atoms with van der Waals surface area (Å²) in [6.07, 6.45) is 1.47. The molecule has 2 aliphatic rings. The Morgan fingerprint density at radius 2 is 2.26 bits per heavy atom. The molecule has 3 amide bonds. The lowest BCUT2D eigenvalue weighted by atomic mass is 10.1. The van der Waals surface area contributed by atoms with Gasteiger partial charge in [0.2, 0.25) is 5.91 Å². The van der Waals surface area contributed by atoms with Crippen LogP contribution in [0.5, 0.6) is 0 Å². The van der Waals surface area contributed by atoms with Crippen LogP contribution in [-0.2, 0) is 14.3 Å². The van der Waals surface area contributed by atoms with E-state index < -0.39 is 33.9 Å². The number of halogens is 1. The summed E-state index contributed by atoms with van der Waals surface area (Å²) in [5.74, 6) is -0.401. The average molecular weight is 382 g/mol. The number of aliphatic hydroxyl groups is 1. The highest BCUT2D eigenvalue weighted by Gasteiger charge is 2.52. The summed E-state index contributed by atoms with van der Waals surface area (Å²) >= 11 is 1.95. The van der Waals surface area contributed by atoms with Crippen molar-refractivity contribution in [2.45, 2.75) is 28.9 Å². The summed E-state index contributed by atoms with van der Waals surface area (Å²) in [5.41, 5.74) is 0. The van der Waals surface area contributed by atoms with Gasteiger partial charge in [0.15, 0.2) is 12.5 Å². The Balaban J connectivity index is 2.25. The zero-order chi connectivity index (χ0) is 14.2. The van der Waals surface area contributed by atoms with E-state index in [4.69, 9.17) is 14.6 Å². The Hall–Kier alpha value is -0.710. The van der Waals surface area contributed by atoms with Gasteiger partial charge in [-0.3, -0.25) is 15.0 Å². The van der Waals surface area contributed by atoms with Gasteiger partial charge >= 0.3 is 6.03 Å². The van der Waals surface area contributed by atoms with Crippen LogP contribution in [-0.4, -0.2) is 57.6 Å². The molecule has 4 atom stereocenters. The third-order valence-electron chi connectivity index (χ3n) is 3.10. The predicted molar refractivity (Wildman–Crippen MR) is 73.5 cm³/mol. The molecule has 0 aliphatic carbocycles. The van der Waals surface area contributed by atoms with Crippen molar-refractivity contribution in [3.63, 3.8) is 0 Å². The van der Waals surface area contributed by atoms with Gasteiger partial charge in [-0.15, -0.1) is 0 Å². The van der Waals surface area contributed by atoms with Gasteiger partial charge in [0, 0.05) is 7.11 Å². The first-order valence-electron chi connectivity index (χ1n) is 5.72. The number of nitrogens with zero attached hydrogens (tertiary/aromatic N) is 1. The molecule has 0 aromatic carbocycles. The van der Waals surface area contributed by atoms with Crippen molar-refractivity contribution in [3.05, 3.63) is 12.2 Å². The van der Waals surface area contributed by atoms with Gasteiger partial charge < -0.3 is 14.6 Å². The van der Waals surface area contributed by atoms with E-state index in [9.17, 15) is 9.59 Å². The van der Waals surface area contributed by atoms with Crippen molar-refractivity contribution < 1.29 is 24.2 Å². The van der Waals surface area contributed by atoms with Crippen molar-refractivity contribution in [1.29, 1.82) is 0 Å². The average Bonchev–Trinajstić information content (AvgIpc) is 2.81. The molecule has 106 valence electrons. The molecule has 0 aromatic rings. The van der Waals surface area contributed by atoms with Gasteiger partial charge in [0.25, 0.3) is 0 Å². The van der Waals surface area contributed by atoms with Gasteiger partial charge in [-0.2, -0.15) is 0 Å². The molecule has 1 saturated heterocycles. The van der Waals surface area contributed by atoms with E-state index in [-0.39, 0.29) is 6.61 Å². The van der Waals surface area contributed by atoms with E-state index >= 15 is 0 Å². The Kier molecular flexibility index (Phi) is 4.14. The molecule has 2 heterocycles. The van der Waals surface area contributed by atoms with Crippen molar-refractivity contribution in [2.75, 3.05) is 13.7 Å². The van der Waals surface area contributed by atoms with Gasteiger partial charge in [-0.25, -0.2) is 4.79 Å². The van der Waals surface area contributed by atoms with Crippen LogP contribution in [0.25, 0.3) is 0 Å². The Bertz CT molecular complexity index is 425. The fourth-order valence-electron chi connectivity index (χ4n) is 2.10. The van der Waals surface area contributed by atoms with E-state index in [0.717, 1.165) is 0 Å². The number of urea groups is 1. The molecule has 2 aliphatic heterocycles. The lowest BCUT2D eigenvalue weighted by molar-refractivity contribution is -0.147. The van der Waals surface area contributed by atoms with E-state index in [1.807, 2.05) is 22.6 Å². The summed E-state index contributed by atoms with van der Waals surface area (Å²) < 4.78 is 9.87. The van der Waals surface area contributed by atoms with Crippen LogP contribution in [0.3, 0.4) is 0 Å². The van der Waals surface area contributed by atoms with Crippen LogP contribution in [0.4, 0.5) is 4.79 Å². The highest BCUT2D eigenvalue weighted by Crippen LogP contribution is 2.33. The van der Waals surface area contributed by atoms with Gasteiger partial charge in [-0.1, -0.05) is 28.7 Å². The number of carbonyl (C=O) groups is 2.